The molecule has 0 radical (unpaired) electrons. The number of hydrogen-bond donors (Lipinski definition) is 0. The van der Waals surface area contributed by atoms with Crippen molar-refractivity contribution < 1.29 is 9.53 Å². The van der Waals surface area contributed by atoms with Crippen LogP contribution in [-0.2, 0) is 4.74 Å². The second-order valence-electron chi connectivity index (χ2n) is 4.27. The van der Waals surface area contributed by atoms with Gasteiger partial charge in [0.25, 0.3) is 0 Å². The SMILES string of the molecule is CCOC(=O)c1sc(N(C)C)nc1-c1ccccc1Cl. The number of hydrogen-bond acceptors (Lipinski definition) is 5. The van der Waals surface area contributed by atoms with E-state index in [1.165, 1.54) is 11.3 Å². The van der Waals surface area contributed by atoms with Gasteiger partial charge in [-0.15, -0.1) is 0 Å². The molecule has 0 unspecified atom stereocenters. The molecular weight excluding hydrogens is 296 g/mol. The summed E-state index contributed by atoms with van der Waals surface area (Å²) in [5.41, 5.74) is 1.31. The molecule has 0 N–H and O–H groups in total. The van der Waals surface area contributed by atoms with Gasteiger partial charge in [0.1, 0.15) is 4.88 Å². The maximum absolute atomic E-state index is 12.1. The van der Waals surface area contributed by atoms with Gasteiger partial charge in [0.2, 0.25) is 0 Å². The summed E-state index contributed by atoms with van der Waals surface area (Å²) in [5, 5.41) is 1.30. The van der Waals surface area contributed by atoms with E-state index in [1.54, 1.807) is 13.0 Å². The van der Waals surface area contributed by atoms with Crippen LogP contribution < -0.4 is 4.90 Å². The fourth-order valence-electron chi connectivity index (χ4n) is 1.67. The lowest BCUT2D eigenvalue weighted by molar-refractivity contribution is 0.0532. The lowest BCUT2D eigenvalue weighted by atomic mass is 10.1. The lowest BCUT2D eigenvalue weighted by Crippen LogP contribution is -2.07. The molecule has 20 heavy (non-hydrogen) atoms. The fourth-order valence-corrected chi connectivity index (χ4v) is 2.79. The molecule has 2 rings (SSSR count). The minimum Gasteiger partial charge on any atom is -0.462 e. The van der Waals surface area contributed by atoms with Crippen LogP contribution in [0.4, 0.5) is 5.13 Å². The highest BCUT2D eigenvalue weighted by atomic mass is 35.5. The zero-order valence-electron chi connectivity index (χ0n) is 11.5. The third kappa shape index (κ3) is 2.94. The normalized spacial score (nSPS) is 10.4. The van der Waals surface area contributed by atoms with E-state index >= 15 is 0 Å². The molecule has 0 fully saturated rings. The average Bonchev–Trinajstić information content (AvgIpc) is 2.84. The molecule has 0 aliphatic heterocycles. The summed E-state index contributed by atoms with van der Waals surface area (Å²) < 4.78 is 5.09. The zero-order chi connectivity index (χ0) is 14.7. The number of anilines is 1. The molecule has 1 heterocycles. The second-order valence-corrected chi connectivity index (χ2v) is 5.65. The Hall–Kier alpha value is -1.59. The van der Waals surface area contributed by atoms with Crippen molar-refractivity contribution in [1.82, 2.24) is 4.98 Å². The number of rotatable bonds is 4. The second kappa shape index (κ2) is 6.24. The van der Waals surface area contributed by atoms with Crippen LogP contribution in [0.15, 0.2) is 24.3 Å². The number of aromatic nitrogens is 1. The zero-order valence-corrected chi connectivity index (χ0v) is 13.1. The van der Waals surface area contributed by atoms with Gasteiger partial charge in [0, 0.05) is 19.7 Å². The van der Waals surface area contributed by atoms with Gasteiger partial charge in [0.15, 0.2) is 5.13 Å². The van der Waals surface area contributed by atoms with Gasteiger partial charge in [0.05, 0.1) is 17.3 Å². The van der Waals surface area contributed by atoms with Gasteiger partial charge >= 0.3 is 5.97 Å². The van der Waals surface area contributed by atoms with E-state index in [2.05, 4.69) is 4.98 Å². The summed E-state index contributed by atoms with van der Waals surface area (Å²) in [6.45, 7) is 2.11. The molecule has 2 aromatic rings. The molecule has 106 valence electrons. The van der Waals surface area contributed by atoms with Crippen molar-refractivity contribution in [3.8, 4) is 11.3 Å². The van der Waals surface area contributed by atoms with Gasteiger partial charge in [-0.1, -0.05) is 41.1 Å². The fraction of sp³-hybridized carbons (Fsp3) is 0.286. The van der Waals surface area contributed by atoms with Crippen molar-refractivity contribution in [2.45, 2.75) is 6.92 Å². The van der Waals surface area contributed by atoms with Gasteiger partial charge in [-0.3, -0.25) is 0 Å². The minimum absolute atomic E-state index is 0.329. The molecule has 6 heteroatoms. The van der Waals surface area contributed by atoms with E-state index in [4.69, 9.17) is 16.3 Å². The van der Waals surface area contributed by atoms with Crippen LogP contribution in [0, 0.1) is 0 Å². The number of esters is 1. The Morgan fingerprint density at radius 1 is 1.40 bits per heavy atom. The van der Waals surface area contributed by atoms with E-state index in [1.807, 2.05) is 37.2 Å². The van der Waals surface area contributed by atoms with E-state index < -0.39 is 0 Å². The Labute approximate surface area is 127 Å². The van der Waals surface area contributed by atoms with Gasteiger partial charge in [-0.25, -0.2) is 9.78 Å². The summed E-state index contributed by atoms with van der Waals surface area (Å²) in [4.78, 5) is 18.9. The van der Waals surface area contributed by atoms with Gasteiger partial charge in [-0.05, 0) is 13.0 Å². The summed E-state index contributed by atoms with van der Waals surface area (Å²) in [7, 11) is 3.76. The first-order valence-corrected chi connectivity index (χ1v) is 7.34. The molecule has 1 aromatic heterocycles. The van der Waals surface area contributed by atoms with E-state index in [0.717, 1.165) is 10.7 Å². The lowest BCUT2D eigenvalue weighted by Gasteiger charge is -2.05. The van der Waals surface area contributed by atoms with E-state index in [9.17, 15) is 4.79 Å². The summed E-state index contributed by atoms with van der Waals surface area (Å²) >= 11 is 7.50. The Balaban J connectivity index is 2.56. The van der Waals surface area contributed by atoms with Crippen LogP contribution >= 0.6 is 22.9 Å². The number of nitrogens with zero attached hydrogens (tertiary/aromatic N) is 2. The summed E-state index contributed by atoms with van der Waals surface area (Å²) in [6.07, 6.45) is 0. The molecule has 0 atom stereocenters. The highest BCUT2D eigenvalue weighted by molar-refractivity contribution is 7.17. The quantitative estimate of drug-likeness (QED) is 0.807. The van der Waals surface area contributed by atoms with Crippen molar-refractivity contribution >= 4 is 34.0 Å². The Morgan fingerprint density at radius 3 is 2.70 bits per heavy atom. The van der Waals surface area contributed by atoms with Crippen molar-refractivity contribution in [3.05, 3.63) is 34.2 Å². The van der Waals surface area contributed by atoms with Crippen molar-refractivity contribution in [2.75, 3.05) is 25.6 Å². The van der Waals surface area contributed by atoms with Crippen LogP contribution in [0.2, 0.25) is 5.02 Å². The first kappa shape index (κ1) is 14.8. The molecule has 0 saturated heterocycles. The van der Waals surface area contributed by atoms with Gasteiger partial charge in [-0.2, -0.15) is 0 Å². The van der Waals surface area contributed by atoms with Crippen LogP contribution in [-0.4, -0.2) is 31.7 Å². The number of benzene rings is 1. The summed E-state index contributed by atoms with van der Waals surface area (Å²) in [6, 6.07) is 7.33. The molecule has 0 spiro atoms. The Bertz CT molecular complexity index is 625. The third-order valence-electron chi connectivity index (χ3n) is 2.59. The van der Waals surface area contributed by atoms with Crippen LogP contribution in [0.1, 0.15) is 16.6 Å². The van der Waals surface area contributed by atoms with Crippen LogP contribution in [0.5, 0.6) is 0 Å². The van der Waals surface area contributed by atoms with Crippen molar-refractivity contribution in [3.63, 3.8) is 0 Å². The van der Waals surface area contributed by atoms with E-state index in [0.29, 0.717) is 22.2 Å². The maximum Gasteiger partial charge on any atom is 0.350 e. The highest BCUT2D eigenvalue weighted by Crippen LogP contribution is 2.36. The van der Waals surface area contributed by atoms with Crippen LogP contribution in [0.25, 0.3) is 11.3 Å². The third-order valence-corrected chi connectivity index (χ3v) is 4.12. The standard InChI is InChI=1S/C14H15ClN2O2S/c1-4-19-13(18)12-11(16-14(20-12)17(2)3)9-7-5-6-8-10(9)15/h5-8H,4H2,1-3H3. The predicted molar refractivity (Wildman–Crippen MR) is 82.8 cm³/mol. The monoisotopic (exact) mass is 310 g/mol. The molecule has 4 nitrogen and oxygen atoms in total. The number of carbonyl (C=O) groups is 1. The number of thiazole rings is 1. The number of carbonyl (C=O) groups excluding carboxylic acids is 1. The molecule has 1 aromatic carbocycles. The predicted octanol–water partition coefficient (Wildman–Crippen LogP) is 3.71. The van der Waals surface area contributed by atoms with Crippen LogP contribution in [0.3, 0.4) is 0 Å². The summed E-state index contributed by atoms with van der Waals surface area (Å²) in [5.74, 6) is -0.368. The smallest absolute Gasteiger partial charge is 0.350 e. The maximum atomic E-state index is 12.1. The highest BCUT2D eigenvalue weighted by Gasteiger charge is 2.22. The molecule has 0 aliphatic rings. The molecular formula is C14H15ClN2O2S. The first-order valence-electron chi connectivity index (χ1n) is 6.14. The largest absolute Gasteiger partial charge is 0.462 e. The minimum atomic E-state index is -0.368. The Kier molecular flexibility index (Phi) is 4.62. The van der Waals surface area contributed by atoms with Crippen molar-refractivity contribution in [1.29, 1.82) is 0 Å². The van der Waals surface area contributed by atoms with Crippen molar-refractivity contribution in [2.24, 2.45) is 0 Å². The molecule has 0 amide bonds. The molecule has 0 aliphatic carbocycles. The molecule has 0 bridgehead atoms. The van der Waals surface area contributed by atoms with Gasteiger partial charge < -0.3 is 9.64 Å². The van der Waals surface area contributed by atoms with E-state index in [-0.39, 0.29) is 5.97 Å². The number of halogens is 1. The topological polar surface area (TPSA) is 42.4 Å². The average molecular weight is 311 g/mol. The molecule has 0 saturated carbocycles. The number of ether oxygens (including phenoxy) is 1. The first-order chi connectivity index (χ1) is 9.54. The Morgan fingerprint density at radius 2 is 2.10 bits per heavy atom.